The molecule has 4 rings (SSSR count). The highest BCUT2D eigenvalue weighted by Crippen LogP contribution is 2.40. The fraction of sp³-hybridized carbons (Fsp3) is 0.684. The first kappa shape index (κ1) is 16.3. The molecule has 0 aromatic heterocycles. The third kappa shape index (κ3) is 3.84. The topological polar surface area (TPSA) is 15.3 Å². The molecule has 1 N–H and O–H groups in total. The number of rotatable bonds is 4. The van der Waals surface area contributed by atoms with Crippen LogP contribution < -0.4 is 5.32 Å². The van der Waals surface area contributed by atoms with E-state index in [-0.39, 0.29) is 12.4 Å². The first-order chi connectivity index (χ1) is 10.4. The summed E-state index contributed by atoms with van der Waals surface area (Å²) in [5, 5.41) is 3.70. The minimum absolute atomic E-state index is 0. The Labute approximate surface area is 141 Å². The van der Waals surface area contributed by atoms with Crippen LogP contribution in [0, 0.1) is 5.92 Å². The second kappa shape index (κ2) is 7.33. The quantitative estimate of drug-likeness (QED) is 0.903. The normalized spacial score (nSPS) is 26.8. The second-order valence-electron chi connectivity index (χ2n) is 7.33. The molecule has 2 saturated heterocycles. The van der Waals surface area contributed by atoms with Gasteiger partial charge in [0.2, 0.25) is 0 Å². The molecular weight excluding hydrogens is 292 g/mol. The Morgan fingerprint density at radius 2 is 1.68 bits per heavy atom. The summed E-state index contributed by atoms with van der Waals surface area (Å²) in [5.41, 5.74) is 3.06. The van der Waals surface area contributed by atoms with Crippen molar-refractivity contribution in [3.05, 3.63) is 35.4 Å². The van der Waals surface area contributed by atoms with E-state index >= 15 is 0 Å². The van der Waals surface area contributed by atoms with E-state index in [9.17, 15) is 0 Å². The lowest BCUT2D eigenvalue weighted by atomic mass is 9.88. The van der Waals surface area contributed by atoms with Gasteiger partial charge in [0, 0.05) is 12.6 Å². The summed E-state index contributed by atoms with van der Waals surface area (Å²) in [7, 11) is 0. The zero-order valence-corrected chi connectivity index (χ0v) is 14.3. The highest BCUT2D eigenvalue weighted by atomic mass is 35.5. The maximum absolute atomic E-state index is 3.70. The summed E-state index contributed by atoms with van der Waals surface area (Å²) in [5.74, 6) is 1.81. The number of nitrogens with one attached hydrogen (secondary N) is 1. The summed E-state index contributed by atoms with van der Waals surface area (Å²) in [6.45, 7) is 4.97. The van der Waals surface area contributed by atoms with Gasteiger partial charge in [-0.3, -0.25) is 4.90 Å². The lowest BCUT2D eigenvalue weighted by Crippen LogP contribution is -2.40. The SMILES string of the molecule is Cl.c1cc(C2CC2)ccc1CN1CCC(C2CCCN2)CC1. The Bertz CT molecular complexity index is 455. The summed E-state index contributed by atoms with van der Waals surface area (Å²) in [6.07, 6.45) is 8.38. The van der Waals surface area contributed by atoms with Crippen LogP contribution in [-0.4, -0.2) is 30.6 Å². The molecular formula is C19H29ClN2. The van der Waals surface area contributed by atoms with Gasteiger partial charge in [0.15, 0.2) is 0 Å². The van der Waals surface area contributed by atoms with Crippen molar-refractivity contribution >= 4 is 12.4 Å². The molecule has 0 amide bonds. The van der Waals surface area contributed by atoms with Crippen molar-refractivity contribution in [2.45, 2.75) is 57.0 Å². The molecule has 1 atom stereocenters. The molecule has 0 radical (unpaired) electrons. The minimum atomic E-state index is 0. The van der Waals surface area contributed by atoms with E-state index in [2.05, 4.69) is 34.5 Å². The molecule has 0 bridgehead atoms. The van der Waals surface area contributed by atoms with Gasteiger partial charge in [-0.1, -0.05) is 24.3 Å². The molecule has 2 nitrogen and oxygen atoms in total. The maximum Gasteiger partial charge on any atom is 0.0233 e. The minimum Gasteiger partial charge on any atom is -0.314 e. The summed E-state index contributed by atoms with van der Waals surface area (Å²) >= 11 is 0. The van der Waals surface area contributed by atoms with Crippen molar-refractivity contribution < 1.29 is 0 Å². The van der Waals surface area contributed by atoms with E-state index in [1.807, 2.05) is 0 Å². The van der Waals surface area contributed by atoms with Crippen LogP contribution in [0.2, 0.25) is 0 Å². The summed E-state index contributed by atoms with van der Waals surface area (Å²) < 4.78 is 0. The monoisotopic (exact) mass is 320 g/mol. The lowest BCUT2D eigenvalue weighted by Gasteiger charge is -2.35. The highest BCUT2D eigenvalue weighted by molar-refractivity contribution is 5.85. The smallest absolute Gasteiger partial charge is 0.0233 e. The molecule has 3 heteroatoms. The van der Waals surface area contributed by atoms with Crippen molar-refractivity contribution in [2.24, 2.45) is 5.92 Å². The molecule has 1 unspecified atom stereocenters. The lowest BCUT2D eigenvalue weighted by molar-refractivity contribution is 0.157. The average Bonchev–Trinajstić information content (AvgIpc) is 3.23. The van der Waals surface area contributed by atoms with E-state index < -0.39 is 0 Å². The van der Waals surface area contributed by atoms with E-state index in [0.717, 1.165) is 24.4 Å². The van der Waals surface area contributed by atoms with E-state index in [1.165, 1.54) is 63.7 Å². The molecule has 2 heterocycles. The van der Waals surface area contributed by atoms with Gasteiger partial charge in [-0.05, 0) is 81.1 Å². The largest absolute Gasteiger partial charge is 0.314 e. The molecule has 3 fully saturated rings. The van der Waals surface area contributed by atoms with Gasteiger partial charge < -0.3 is 5.32 Å². The van der Waals surface area contributed by atoms with Crippen LogP contribution in [0.1, 0.15) is 55.6 Å². The van der Waals surface area contributed by atoms with Gasteiger partial charge in [-0.25, -0.2) is 0 Å². The fourth-order valence-electron chi connectivity index (χ4n) is 4.20. The zero-order chi connectivity index (χ0) is 14.1. The van der Waals surface area contributed by atoms with Crippen LogP contribution in [0.15, 0.2) is 24.3 Å². The zero-order valence-electron chi connectivity index (χ0n) is 13.5. The number of halogens is 1. The van der Waals surface area contributed by atoms with Gasteiger partial charge in [-0.2, -0.15) is 0 Å². The first-order valence-corrected chi connectivity index (χ1v) is 8.93. The van der Waals surface area contributed by atoms with Crippen LogP contribution in [0.5, 0.6) is 0 Å². The Kier molecular flexibility index (Phi) is 5.43. The van der Waals surface area contributed by atoms with Crippen molar-refractivity contribution in [2.75, 3.05) is 19.6 Å². The van der Waals surface area contributed by atoms with Crippen LogP contribution in [0.4, 0.5) is 0 Å². The van der Waals surface area contributed by atoms with E-state index in [4.69, 9.17) is 0 Å². The second-order valence-corrected chi connectivity index (χ2v) is 7.33. The molecule has 22 heavy (non-hydrogen) atoms. The third-order valence-electron chi connectivity index (χ3n) is 5.73. The molecule has 1 saturated carbocycles. The van der Waals surface area contributed by atoms with Gasteiger partial charge in [-0.15, -0.1) is 12.4 Å². The van der Waals surface area contributed by atoms with Gasteiger partial charge in [0.25, 0.3) is 0 Å². The Morgan fingerprint density at radius 3 is 2.27 bits per heavy atom. The van der Waals surface area contributed by atoms with Crippen LogP contribution in [0.25, 0.3) is 0 Å². The summed E-state index contributed by atoms with van der Waals surface area (Å²) in [6, 6.07) is 10.3. The molecule has 2 aliphatic heterocycles. The van der Waals surface area contributed by atoms with E-state index in [0.29, 0.717) is 0 Å². The molecule has 0 spiro atoms. The van der Waals surface area contributed by atoms with Crippen molar-refractivity contribution in [1.82, 2.24) is 10.2 Å². The molecule has 1 aliphatic carbocycles. The van der Waals surface area contributed by atoms with Gasteiger partial charge in [0.05, 0.1) is 0 Å². The van der Waals surface area contributed by atoms with Crippen molar-refractivity contribution in [3.8, 4) is 0 Å². The Hall–Kier alpha value is -0.570. The molecule has 1 aromatic rings. The van der Waals surface area contributed by atoms with Crippen molar-refractivity contribution in [3.63, 3.8) is 0 Å². The highest BCUT2D eigenvalue weighted by Gasteiger charge is 2.28. The number of likely N-dealkylation sites (tertiary alicyclic amines) is 1. The average molecular weight is 321 g/mol. The van der Waals surface area contributed by atoms with Crippen LogP contribution in [-0.2, 0) is 6.54 Å². The van der Waals surface area contributed by atoms with E-state index in [1.54, 1.807) is 5.56 Å². The molecule has 3 aliphatic rings. The van der Waals surface area contributed by atoms with Crippen molar-refractivity contribution in [1.29, 1.82) is 0 Å². The first-order valence-electron chi connectivity index (χ1n) is 8.93. The fourth-order valence-corrected chi connectivity index (χ4v) is 4.20. The molecule has 1 aromatic carbocycles. The number of hydrogen-bond acceptors (Lipinski definition) is 2. The van der Waals surface area contributed by atoms with Crippen LogP contribution in [0.3, 0.4) is 0 Å². The standard InChI is InChI=1S/C19H28N2.ClH/c1-2-19(20-11-1)18-9-12-21(13-10-18)14-15-3-5-16(6-4-15)17-7-8-17;/h3-6,17-20H,1-2,7-14H2;1H. The van der Waals surface area contributed by atoms with Gasteiger partial charge >= 0.3 is 0 Å². The number of piperidine rings is 1. The Balaban J connectivity index is 0.00000144. The number of hydrogen-bond donors (Lipinski definition) is 1. The van der Waals surface area contributed by atoms with Crippen LogP contribution >= 0.6 is 12.4 Å². The third-order valence-corrected chi connectivity index (χ3v) is 5.73. The maximum atomic E-state index is 3.70. The van der Waals surface area contributed by atoms with Gasteiger partial charge in [0.1, 0.15) is 0 Å². The summed E-state index contributed by atoms with van der Waals surface area (Å²) in [4.78, 5) is 2.65. The molecule has 122 valence electrons. The number of nitrogens with zero attached hydrogens (tertiary/aromatic N) is 1. The predicted octanol–water partition coefficient (Wildman–Crippen LogP) is 3.95. The predicted molar refractivity (Wildman–Crippen MR) is 94.7 cm³/mol. The number of benzene rings is 1. The Morgan fingerprint density at radius 1 is 0.955 bits per heavy atom.